The van der Waals surface area contributed by atoms with E-state index in [0.717, 1.165) is 0 Å². The van der Waals surface area contributed by atoms with Crippen LogP contribution in [0.4, 0.5) is 0 Å². The molecule has 0 aromatic rings. The summed E-state index contributed by atoms with van der Waals surface area (Å²) in [6.07, 6.45) is 18.1. The van der Waals surface area contributed by atoms with Crippen molar-refractivity contribution in [2.24, 2.45) is 0 Å². The molecule has 1 saturated carbocycles. The van der Waals surface area contributed by atoms with Gasteiger partial charge in [0.1, 0.15) is 0 Å². The van der Waals surface area contributed by atoms with Gasteiger partial charge in [-0.1, -0.05) is 57.1 Å². The summed E-state index contributed by atoms with van der Waals surface area (Å²) in [6.45, 7) is 2.28. The Morgan fingerprint density at radius 2 is 1.50 bits per heavy atom. The van der Waals surface area contributed by atoms with Crippen molar-refractivity contribution in [2.75, 3.05) is 0 Å². The van der Waals surface area contributed by atoms with Gasteiger partial charge in [0.25, 0.3) is 0 Å². The monoisotopic (exact) mass is 194 g/mol. The van der Waals surface area contributed by atoms with Crippen LogP contribution in [0.5, 0.6) is 0 Å². The van der Waals surface area contributed by atoms with Crippen LogP contribution in [0.3, 0.4) is 0 Å². The summed E-state index contributed by atoms with van der Waals surface area (Å²) < 4.78 is 0. The van der Waals surface area contributed by atoms with Gasteiger partial charge in [0.05, 0.1) is 0 Å². The smallest absolute Gasteiger partial charge is 0.0320 e. The molecule has 1 aliphatic carbocycles. The largest absolute Gasteiger partial charge is 0.0853 e. The fourth-order valence-corrected chi connectivity index (χ4v) is 2.25. The van der Waals surface area contributed by atoms with E-state index in [1.807, 2.05) is 0 Å². The molecule has 0 aromatic carbocycles. The molecule has 1 fully saturated rings. The first-order valence-corrected chi connectivity index (χ1v) is 6.61. The minimum atomic E-state index is 1.33. The number of hydrogen-bond acceptors (Lipinski definition) is 0. The lowest BCUT2D eigenvalue weighted by molar-refractivity contribution is 0.624. The lowest BCUT2D eigenvalue weighted by Gasteiger charge is -2.05. The zero-order chi connectivity index (χ0) is 10.1. The molecule has 14 heavy (non-hydrogen) atoms. The molecule has 0 atom stereocenters. The predicted molar refractivity (Wildman–Crippen MR) is 64.5 cm³/mol. The average Bonchev–Trinajstić information content (AvgIpc) is 2.32. The third kappa shape index (κ3) is 5.47. The molecule has 0 radical (unpaired) electrons. The second-order valence-electron chi connectivity index (χ2n) is 4.63. The molecule has 1 rings (SSSR count). The van der Waals surface area contributed by atoms with Crippen molar-refractivity contribution in [3.8, 4) is 0 Å². The van der Waals surface area contributed by atoms with Crippen LogP contribution < -0.4 is 0 Å². The minimum absolute atomic E-state index is 1.33. The topological polar surface area (TPSA) is 0 Å². The van der Waals surface area contributed by atoms with Gasteiger partial charge >= 0.3 is 0 Å². The SMILES string of the molecule is CCCCC=C1CCCCCCCC1. The van der Waals surface area contributed by atoms with Crippen molar-refractivity contribution in [3.63, 3.8) is 0 Å². The van der Waals surface area contributed by atoms with E-state index < -0.39 is 0 Å². The maximum Gasteiger partial charge on any atom is -0.0320 e. The van der Waals surface area contributed by atoms with E-state index in [1.165, 1.54) is 70.6 Å². The van der Waals surface area contributed by atoms with Gasteiger partial charge in [-0.25, -0.2) is 0 Å². The van der Waals surface area contributed by atoms with Gasteiger partial charge < -0.3 is 0 Å². The quantitative estimate of drug-likeness (QED) is 0.426. The van der Waals surface area contributed by atoms with Crippen molar-refractivity contribution in [3.05, 3.63) is 11.6 Å². The summed E-state index contributed by atoms with van der Waals surface area (Å²) in [5.74, 6) is 0. The Kier molecular flexibility index (Phi) is 6.82. The first kappa shape index (κ1) is 11.8. The van der Waals surface area contributed by atoms with Crippen LogP contribution in [0.15, 0.2) is 11.6 Å². The molecule has 0 amide bonds. The standard InChI is InChI=1S/C14H26/c1-2-3-8-11-14-12-9-6-4-5-7-10-13-14/h11H,2-10,12-13H2,1H3. The molecule has 0 aromatic heterocycles. The van der Waals surface area contributed by atoms with Gasteiger partial charge in [-0.2, -0.15) is 0 Å². The molecular weight excluding hydrogens is 168 g/mol. The van der Waals surface area contributed by atoms with E-state index in [-0.39, 0.29) is 0 Å². The highest BCUT2D eigenvalue weighted by Crippen LogP contribution is 2.21. The third-order valence-corrected chi connectivity index (χ3v) is 3.24. The summed E-state index contributed by atoms with van der Waals surface area (Å²) in [5, 5.41) is 0. The average molecular weight is 194 g/mol. The maximum absolute atomic E-state index is 2.54. The molecule has 1 aliphatic rings. The summed E-state index contributed by atoms with van der Waals surface area (Å²) in [6, 6.07) is 0. The van der Waals surface area contributed by atoms with E-state index in [4.69, 9.17) is 0 Å². The van der Waals surface area contributed by atoms with Crippen LogP contribution in [-0.4, -0.2) is 0 Å². The highest BCUT2D eigenvalue weighted by molar-refractivity contribution is 5.02. The van der Waals surface area contributed by atoms with Gasteiger partial charge in [-0.15, -0.1) is 0 Å². The molecule has 0 N–H and O–H groups in total. The molecule has 0 unspecified atom stereocenters. The van der Waals surface area contributed by atoms with Gasteiger partial charge in [0.15, 0.2) is 0 Å². The van der Waals surface area contributed by atoms with E-state index in [0.29, 0.717) is 0 Å². The summed E-state index contributed by atoms with van der Waals surface area (Å²) >= 11 is 0. The molecule has 0 bridgehead atoms. The van der Waals surface area contributed by atoms with Crippen molar-refractivity contribution < 1.29 is 0 Å². The minimum Gasteiger partial charge on any atom is -0.0853 e. The second kappa shape index (κ2) is 8.08. The fourth-order valence-electron chi connectivity index (χ4n) is 2.25. The van der Waals surface area contributed by atoms with Crippen LogP contribution >= 0.6 is 0 Å². The maximum atomic E-state index is 2.54. The number of rotatable bonds is 3. The third-order valence-electron chi connectivity index (χ3n) is 3.24. The summed E-state index contributed by atoms with van der Waals surface area (Å²) in [4.78, 5) is 0. The van der Waals surface area contributed by atoms with Gasteiger partial charge in [-0.3, -0.25) is 0 Å². The first-order valence-electron chi connectivity index (χ1n) is 6.61. The molecule has 0 heteroatoms. The number of hydrogen-bond donors (Lipinski definition) is 0. The number of unbranched alkanes of at least 4 members (excludes halogenated alkanes) is 2. The summed E-state index contributed by atoms with van der Waals surface area (Å²) in [5.41, 5.74) is 1.76. The molecule has 0 nitrogen and oxygen atoms in total. The Bertz CT molecular complexity index is 143. The fraction of sp³-hybridized carbons (Fsp3) is 0.857. The Hall–Kier alpha value is -0.260. The Labute approximate surface area is 89.8 Å². The molecule has 0 saturated heterocycles. The van der Waals surface area contributed by atoms with Gasteiger partial charge in [-0.05, 0) is 32.1 Å². The normalized spacial score (nSPS) is 19.6. The summed E-state index contributed by atoms with van der Waals surface area (Å²) in [7, 11) is 0. The predicted octanol–water partition coefficient (Wildman–Crippen LogP) is 5.24. The van der Waals surface area contributed by atoms with Crippen LogP contribution in [0.2, 0.25) is 0 Å². The van der Waals surface area contributed by atoms with E-state index in [2.05, 4.69) is 13.0 Å². The highest BCUT2D eigenvalue weighted by atomic mass is 14.1. The van der Waals surface area contributed by atoms with Crippen molar-refractivity contribution in [1.82, 2.24) is 0 Å². The van der Waals surface area contributed by atoms with Crippen LogP contribution in [-0.2, 0) is 0 Å². The number of allylic oxidation sites excluding steroid dienone is 2. The highest BCUT2D eigenvalue weighted by Gasteiger charge is 2.01. The Balaban J connectivity index is 2.27. The molecular formula is C14H26. The van der Waals surface area contributed by atoms with Crippen LogP contribution in [0.1, 0.15) is 77.6 Å². The van der Waals surface area contributed by atoms with Gasteiger partial charge in [0, 0.05) is 0 Å². The zero-order valence-electron chi connectivity index (χ0n) is 9.86. The van der Waals surface area contributed by atoms with E-state index in [9.17, 15) is 0 Å². The molecule has 0 aliphatic heterocycles. The lowest BCUT2D eigenvalue weighted by Crippen LogP contribution is -1.84. The van der Waals surface area contributed by atoms with Crippen LogP contribution in [0.25, 0.3) is 0 Å². The second-order valence-corrected chi connectivity index (χ2v) is 4.63. The van der Waals surface area contributed by atoms with Crippen molar-refractivity contribution in [1.29, 1.82) is 0 Å². The van der Waals surface area contributed by atoms with Crippen molar-refractivity contribution >= 4 is 0 Å². The Morgan fingerprint density at radius 3 is 2.07 bits per heavy atom. The molecule has 0 heterocycles. The van der Waals surface area contributed by atoms with Crippen molar-refractivity contribution in [2.45, 2.75) is 77.6 Å². The zero-order valence-corrected chi connectivity index (χ0v) is 9.86. The van der Waals surface area contributed by atoms with E-state index >= 15 is 0 Å². The lowest BCUT2D eigenvalue weighted by atomic mass is 10.0. The van der Waals surface area contributed by atoms with E-state index in [1.54, 1.807) is 5.57 Å². The molecule has 0 spiro atoms. The van der Waals surface area contributed by atoms with Crippen LogP contribution in [0, 0.1) is 0 Å². The Morgan fingerprint density at radius 1 is 0.929 bits per heavy atom. The van der Waals surface area contributed by atoms with Gasteiger partial charge in [0.2, 0.25) is 0 Å². The first-order chi connectivity index (χ1) is 6.93. The molecule has 82 valence electrons.